The number of aromatic nitrogens is 2. The number of para-hydroxylation sites is 2. The molecule has 0 radical (unpaired) electrons. The average molecular weight is 841 g/mol. The second kappa shape index (κ2) is 16.7. The van der Waals surface area contributed by atoms with Crippen LogP contribution < -0.4 is 0 Å². The van der Waals surface area contributed by atoms with Gasteiger partial charge in [-0.05, 0) is 37.8 Å². The minimum atomic E-state index is -3.67. The van der Waals surface area contributed by atoms with E-state index in [1.807, 2.05) is 48.5 Å². The van der Waals surface area contributed by atoms with Gasteiger partial charge < -0.3 is 19.4 Å². The Hall–Kier alpha value is -4.46. The highest BCUT2D eigenvalue weighted by Crippen LogP contribution is 2.43. The van der Waals surface area contributed by atoms with Gasteiger partial charge in [0.15, 0.2) is 0 Å². The zero-order chi connectivity index (χ0) is 41.5. The van der Waals surface area contributed by atoms with Crippen molar-refractivity contribution in [3.05, 3.63) is 72.1 Å². The van der Waals surface area contributed by atoms with Crippen LogP contribution in [0.15, 0.2) is 60.9 Å². The maximum atomic E-state index is 12.6. The molecule has 8 aliphatic rings. The normalized spacial score (nSPS) is 30.6. The molecule has 0 saturated carbocycles. The molecule has 10 heterocycles. The van der Waals surface area contributed by atoms with Gasteiger partial charge in [-0.3, -0.25) is 28.5 Å². The molecular weight excluding hydrogens is 793 g/mol. The minimum absolute atomic E-state index is 0.0356. The van der Waals surface area contributed by atoms with Crippen LogP contribution >= 0.6 is 0 Å². The number of piperidine rings is 8. The summed E-state index contributed by atoms with van der Waals surface area (Å²) in [6.07, 6.45) is 12.0. The van der Waals surface area contributed by atoms with Crippen LogP contribution in [0.4, 0.5) is 0 Å². The van der Waals surface area contributed by atoms with E-state index in [4.69, 9.17) is 18.6 Å². The van der Waals surface area contributed by atoms with Crippen molar-refractivity contribution < 1.29 is 54.6 Å². The van der Waals surface area contributed by atoms with E-state index in [0.29, 0.717) is 72.5 Å². The summed E-state index contributed by atoms with van der Waals surface area (Å²) >= 11 is 0. The fraction of sp³-hybridized carbons (Fsp3) is 0.500. The molecule has 4 N–H and O–H groups in total. The molecule has 2 aromatic heterocycles. The molecule has 18 heteroatoms. The Labute approximate surface area is 336 Å². The zero-order valence-corrected chi connectivity index (χ0v) is 33.8. The van der Waals surface area contributed by atoms with E-state index >= 15 is 0 Å². The number of H-pyrrole nitrogens is 2. The third-order valence-corrected chi connectivity index (χ3v) is 12.0. The summed E-state index contributed by atoms with van der Waals surface area (Å²) < 4.78 is 63.4. The minimum Gasteiger partial charge on any atom is -0.459 e. The summed E-state index contributed by atoms with van der Waals surface area (Å²) in [7, 11) is -7.33. The molecular formula is C40H48N4O12S2. The van der Waals surface area contributed by atoms with Gasteiger partial charge in [-0.1, -0.05) is 36.4 Å². The van der Waals surface area contributed by atoms with Crippen molar-refractivity contribution in [1.29, 1.82) is 0 Å². The molecule has 0 amide bonds. The predicted molar refractivity (Wildman–Crippen MR) is 212 cm³/mol. The van der Waals surface area contributed by atoms with Crippen LogP contribution in [0.5, 0.6) is 0 Å². The van der Waals surface area contributed by atoms with Crippen LogP contribution in [-0.4, -0.2) is 131 Å². The maximum Gasteiger partial charge on any atom is 0.340 e. The molecule has 2 aromatic carbocycles. The number of hydrogen-bond donors (Lipinski definition) is 4. The van der Waals surface area contributed by atoms with E-state index in [0.717, 1.165) is 73.2 Å². The molecule has 0 aliphatic carbocycles. The molecule has 312 valence electrons. The van der Waals surface area contributed by atoms with Crippen LogP contribution in [0.3, 0.4) is 0 Å². The van der Waals surface area contributed by atoms with Gasteiger partial charge in [-0.15, -0.1) is 0 Å². The second-order valence-corrected chi connectivity index (χ2v) is 19.1. The van der Waals surface area contributed by atoms with Crippen LogP contribution in [0.2, 0.25) is 0 Å². The average Bonchev–Trinajstić information content (AvgIpc) is 3.76. The standard InChI is InChI=1S/2C19H20N2O3.2CH4O3S/c2*22-18-10-21-12-5-11(18)6-13(21)8-14(7-12)24-19(23)16-9-20-17-4-2-1-3-15(16)17;2*1-5(2,3)4/h2*1-4,9,11-14,20H,5-8,10H2;2*1H3,(H,2,3,4)/t2*11?,12-,13+,14?;;. The lowest BCUT2D eigenvalue weighted by Gasteiger charge is -2.54. The van der Waals surface area contributed by atoms with Gasteiger partial charge in [-0.2, -0.15) is 16.8 Å². The molecule has 0 spiro atoms. The van der Waals surface area contributed by atoms with Crippen LogP contribution in [0, 0.1) is 11.8 Å². The lowest BCUT2D eigenvalue weighted by Crippen LogP contribution is -2.63. The number of carbonyl (C=O) groups excluding carboxylic acids is 4. The molecule has 8 bridgehead atoms. The molecule has 6 unspecified atom stereocenters. The fourth-order valence-electron chi connectivity index (χ4n) is 9.74. The number of rotatable bonds is 4. The number of Topliss-reactive ketones (excluding diaryl/α,β-unsaturated/α-hetero) is 2. The third-order valence-electron chi connectivity index (χ3n) is 12.0. The second-order valence-electron chi connectivity index (χ2n) is 16.2. The monoisotopic (exact) mass is 840 g/mol. The van der Waals surface area contributed by atoms with Crippen molar-refractivity contribution in [2.75, 3.05) is 25.6 Å². The number of ether oxygens (including phenoxy) is 2. The number of carbonyl (C=O) groups is 4. The first-order valence-electron chi connectivity index (χ1n) is 19.3. The quantitative estimate of drug-likeness (QED) is 0.168. The van der Waals surface area contributed by atoms with Gasteiger partial charge >= 0.3 is 11.9 Å². The number of aromatic amines is 2. The number of nitrogens with zero attached hydrogens (tertiary/aromatic N) is 2. The van der Waals surface area contributed by atoms with Gasteiger partial charge in [0.2, 0.25) is 0 Å². The highest BCUT2D eigenvalue weighted by Gasteiger charge is 2.50. The number of esters is 2. The third kappa shape index (κ3) is 9.86. The van der Waals surface area contributed by atoms with Gasteiger partial charge in [0.05, 0.1) is 36.7 Å². The largest absolute Gasteiger partial charge is 0.459 e. The molecule has 12 rings (SSSR count). The van der Waals surface area contributed by atoms with E-state index in [9.17, 15) is 36.0 Å². The van der Waals surface area contributed by atoms with Crippen molar-refractivity contribution in [2.45, 2.75) is 87.7 Å². The number of hydrogen-bond acceptors (Lipinski definition) is 12. The topological polar surface area (TPSA) is 234 Å². The smallest absolute Gasteiger partial charge is 0.340 e. The number of fused-ring (bicyclic) bond motifs is 4. The van der Waals surface area contributed by atoms with E-state index in [-0.39, 0.29) is 36.0 Å². The van der Waals surface area contributed by atoms with E-state index in [1.165, 1.54) is 0 Å². The molecule has 16 nitrogen and oxygen atoms in total. The molecule has 8 fully saturated rings. The Morgan fingerprint density at radius 3 is 1.21 bits per heavy atom. The Balaban J connectivity index is 0.000000144. The van der Waals surface area contributed by atoms with Crippen LogP contribution in [0.25, 0.3) is 21.8 Å². The van der Waals surface area contributed by atoms with Crippen molar-refractivity contribution in [3.63, 3.8) is 0 Å². The highest BCUT2D eigenvalue weighted by atomic mass is 32.2. The summed E-state index contributed by atoms with van der Waals surface area (Å²) in [5.74, 6) is 0.807. The van der Waals surface area contributed by atoms with Crippen molar-refractivity contribution in [3.8, 4) is 0 Å². The zero-order valence-electron chi connectivity index (χ0n) is 32.2. The molecule has 58 heavy (non-hydrogen) atoms. The van der Waals surface area contributed by atoms with Gasteiger partial charge in [0.25, 0.3) is 20.2 Å². The van der Waals surface area contributed by atoms with Crippen molar-refractivity contribution in [2.24, 2.45) is 11.8 Å². The molecule has 8 saturated heterocycles. The first-order valence-corrected chi connectivity index (χ1v) is 23.0. The van der Waals surface area contributed by atoms with Gasteiger partial charge in [0, 0.05) is 95.9 Å². The maximum absolute atomic E-state index is 12.6. The van der Waals surface area contributed by atoms with E-state index < -0.39 is 20.2 Å². The predicted octanol–water partition coefficient (Wildman–Crippen LogP) is 4.05. The highest BCUT2D eigenvalue weighted by molar-refractivity contribution is 7.85. The fourth-order valence-corrected chi connectivity index (χ4v) is 9.74. The lowest BCUT2D eigenvalue weighted by atomic mass is 9.72. The Morgan fingerprint density at radius 1 is 0.586 bits per heavy atom. The van der Waals surface area contributed by atoms with Crippen LogP contribution in [-0.2, 0) is 39.3 Å². The summed E-state index contributed by atoms with van der Waals surface area (Å²) in [6, 6.07) is 17.2. The van der Waals surface area contributed by atoms with Gasteiger partial charge in [0.1, 0.15) is 23.8 Å². The van der Waals surface area contributed by atoms with Crippen molar-refractivity contribution >= 4 is 65.5 Å². The summed E-state index contributed by atoms with van der Waals surface area (Å²) in [5, 5.41) is 1.82. The van der Waals surface area contributed by atoms with Crippen molar-refractivity contribution in [1.82, 2.24) is 19.8 Å². The Bertz CT molecular complexity index is 2210. The van der Waals surface area contributed by atoms with E-state index in [2.05, 4.69) is 19.8 Å². The summed E-state index contributed by atoms with van der Waals surface area (Å²) in [4.78, 5) is 60.0. The Kier molecular flexibility index (Phi) is 12.0. The Morgan fingerprint density at radius 2 is 0.897 bits per heavy atom. The summed E-state index contributed by atoms with van der Waals surface area (Å²) in [5.41, 5.74) is 3.12. The number of benzene rings is 2. The first kappa shape index (κ1) is 41.7. The molecule has 10 atom stereocenters. The lowest BCUT2D eigenvalue weighted by molar-refractivity contribution is -0.145. The van der Waals surface area contributed by atoms with E-state index in [1.54, 1.807) is 12.4 Å². The number of ketones is 2. The van der Waals surface area contributed by atoms with Gasteiger partial charge in [-0.25, -0.2) is 9.59 Å². The number of nitrogens with one attached hydrogen (secondary N) is 2. The van der Waals surface area contributed by atoms with Crippen LogP contribution in [0.1, 0.15) is 72.1 Å². The SMILES string of the molecule is CS(=O)(=O)O.CS(=O)(=O)O.O=C(OC1C[C@@H]2CC3C[C@H](C1)N2CC3=O)c1c[nH]c2ccccc12.O=C(OC1C[C@@H]2CC3C[C@H](C1)N2CC3=O)c1c[nH]c2ccccc12. The molecule has 8 aliphatic heterocycles. The molecule has 4 aromatic rings. The summed E-state index contributed by atoms with van der Waals surface area (Å²) in [6.45, 7) is 1.20. The first-order chi connectivity index (χ1) is 27.4.